The smallest absolute Gasteiger partial charge is 0.0655 e. The van der Waals surface area contributed by atoms with Gasteiger partial charge in [0.15, 0.2) is 0 Å². The molecule has 1 heteroatoms. The van der Waals surface area contributed by atoms with Crippen molar-refractivity contribution in [3.8, 4) is 0 Å². The van der Waals surface area contributed by atoms with Gasteiger partial charge in [-0.1, -0.05) is 31.7 Å². The number of pyridine rings is 1. The highest BCUT2D eigenvalue weighted by Crippen LogP contribution is 2.20. The van der Waals surface area contributed by atoms with Crippen LogP contribution in [0.5, 0.6) is 0 Å². The second kappa shape index (κ2) is 6.06. The van der Waals surface area contributed by atoms with E-state index in [2.05, 4.69) is 31.5 Å². The van der Waals surface area contributed by atoms with Crippen molar-refractivity contribution in [3.05, 3.63) is 53.9 Å². The molecule has 0 bridgehead atoms. The van der Waals surface area contributed by atoms with Crippen LogP contribution >= 0.6 is 0 Å². The normalized spacial score (nSPS) is 12.1. The van der Waals surface area contributed by atoms with Gasteiger partial charge in [0, 0.05) is 6.20 Å². The van der Waals surface area contributed by atoms with Crippen molar-refractivity contribution in [2.45, 2.75) is 27.2 Å². The van der Waals surface area contributed by atoms with Crippen LogP contribution in [0.2, 0.25) is 0 Å². The third kappa shape index (κ3) is 2.93. The van der Waals surface area contributed by atoms with Crippen molar-refractivity contribution in [2.75, 3.05) is 0 Å². The molecule has 1 rings (SSSR count). The van der Waals surface area contributed by atoms with Crippen molar-refractivity contribution in [1.82, 2.24) is 4.98 Å². The van der Waals surface area contributed by atoms with E-state index in [0.29, 0.717) is 0 Å². The minimum Gasteiger partial charge on any atom is -0.256 e. The topological polar surface area (TPSA) is 12.9 Å². The molecule has 0 fully saturated rings. The predicted octanol–water partition coefficient (Wildman–Crippen LogP) is 4.40. The van der Waals surface area contributed by atoms with Crippen LogP contribution in [0.15, 0.2) is 37.1 Å². The molecule has 0 aliphatic heterocycles. The van der Waals surface area contributed by atoms with E-state index in [4.69, 9.17) is 0 Å². The summed E-state index contributed by atoms with van der Waals surface area (Å²) < 4.78 is 0. The van der Waals surface area contributed by atoms with Gasteiger partial charge in [-0.25, -0.2) is 0 Å². The zero-order valence-electron chi connectivity index (χ0n) is 10.3. The second-order valence-corrected chi connectivity index (χ2v) is 3.71. The summed E-state index contributed by atoms with van der Waals surface area (Å²) in [5, 5.41) is 0. The molecular formula is C15H19N. The van der Waals surface area contributed by atoms with Gasteiger partial charge >= 0.3 is 0 Å². The molecule has 0 aliphatic carbocycles. The zero-order valence-corrected chi connectivity index (χ0v) is 10.3. The number of aryl methyl sites for hydroxylation is 1. The molecule has 0 amide bonds. The van der Waals surface area contributed by atoms with Gasteiger partial charge in [0.25, 0.3) is 0 Å². The predicted molar refractivity (Wildman–Crippen MR) is 72.1 cm³/mol. The number of hydrogen-bond acceptors (Lipinski definition) is 1. The molecule has 0 atom stereocenters. The van der Waals surface area contributed by atoms with E-state index in [9.17, 15) is 0 Å². The van der Waals surface area contributed by atoms with Crippen molar-refractivity contribution < 1.29 is 0 Å². The second-order valence-electron chi connectivity index (χ2n) is 3.71. The van der Waals surface area contributed by atoms with Gasteiger partial charge in [0.2, 0.25) is 0 Å². The van der Waals surface area contributed by atoms with E-state index in [1.54, 1.807) is 0 Å². The molecule has 1 nitrogen and oxygen atoms in total. The number of allylic oxidation sites excluding steroid dienone is 4. The molecule has 16 heavy (non-hydrogen) atoms. The van der Waals surface area contributed by atoms with Crippen molar-refractivity contribution in [3.63, 3.8) is 0 Å². The monoisotopic (exact) mass is 213 g/mol. The van der Waals surface area contributed by atoms with Crippen LogP contribution in [0.25, 0.3) is 11.6 Å². The van der Waals surface area contributed by atoms with E-state index in [1.165, 1.54) is 16.7 Å². The van der Waals surface area contributed by atoms with Gasteiger partial charge in [0.05, 0.1) is 5.69 Å². The lowest BCUT2D eigenvalue weighted by Crippen LogP contribution is -1.91. The lowest BCUT2D eigenvalue weighted by molar-refractivity contribution is 1.18. The first kappa shape index (κ1) is 12.4. The fourth-order valence-corrected chi connectivity index (χ4v) is 1.65. The van der Waals surface area contributed by atoms with E-state index < -0.39 is 0 Å². The molecule has 0 unspecified atom stereocenters. The van der Waals surface area contributed by atoms with Crippen LogP contribution in [0.4, 0.5) is 0 Å². The third-order valence-corrected chi connectivity index (χ3v) is 2.51. The van der Waals surface area contributed by atoms with Crippen LogP contribution in [0.1, 0.15) is 37.1 Å². The number of hydrogen-bond donors (Lipinski definition) is 0. The Morgan fingerprint density at radius 1 is 1.50 bits per heavy atom. The molecule has 0 saturated carbocycles. The molecular weight excluding hydrogens is 194 g/mol. The van der Waals surface area contributed by atoms with Crippen LogP contribution in [-0.4, -0.2) is 4.98 Å². The van der Waals surface area contributed by atoms with Crippen molar-refractivity contribution in [1.29, 1.82) is 0 Å². The summed E-state index contributed by atoms with van der Waals surface area (Å²) in [6.07, 6.45) is 10.8. The third-order valence-electron chi connectivity index (χ3n) is 2.51. The van der Waals surface area contributed by atoms with E-state index in [0.717, 1.165) is 12.1 Å². The maximum Gasteiger partial charge on any atom is 0.0655 e. The minimum atomic E-state index is 0.996. The van der Waals surface area contributed by atoms with Gasteiger partial charge < -0.3 is 0 Å². The highest BCUT2D eigenvalue weighted by Gasteiger charge is 2.02. The average Bonchev–Trinajstić information content (AvgIpc) is 2.29. The van der Waals surface area contributed by atoms with Gasteiger partial charge in [-0.2, -0.15) is 0 Å². The minimum absolute atomic E-state index is 0.996. The molecule has 0 aliphatic rings. The molecule has 0 radical (unpaired) electrons. The first-order chi connectivity index (χ1) is 7.72. The standard InChI is InChI=1S/C15H19N/c1-5-8-13(7-3)14-10-12(4)15(9-6-2)16-11-14/h5-6,8-11H,1,7H2,2-4H3/b9-6-,13-8+. The van der Waals surface area contributed by atoms with Gasteiger partial charge in [-0.05, 0) is 49.1 Å². The highest BCUT2D eigenvalue weighted by molar-refractivity contribution is 5.67. The summed E-state index contributed by atoms with van der Waals surface area (Å²) in [5.41, 5.74) is 4.71. The van der Waals surface area contributed by atoms with Crippen LogP contribution in [0.3, 0.4) is 0 Å². The number of nitrogens with zero attached hydrogens (tertiary/aromatic N) is 1. The molecule has 0 spiro atoms. The number of rotatable bonds is 4. The maximum atomic E-state index is 4.46. The molecule has 0 N–H and O–H groups in total. The largest absolute Gasteiger partial charge is 0.256 e. The first-order valence-electron chi connectivity index (χ1n) is 5.64. The molecule has 1 aromatic heterocycles. The Balaban J connectivity index is 3.14. The Labute approximate surface area is 98.2 Å². The summed E-state index contributed by atoms with van der Waals surface area (Å²) >= 11 is 0. The van der Waals surface area contributed by atoms with Gasteiger partial charge in [-0.3, -0.25) is 4.98 Å². The Bertz CT molecular complexity index is 425. The number of aromatic nitrogens is 1. The fourth-order valence-electron chi connectivity index (χ4n) is 1.65. The van der Waals surface area contributed by atoms with Gasteiger partial charge in [0.1, 0.15) is 0 Å². The SMILES string of the molecule is C=C/C=C(\CC)c1cnc(/C=C\C)c(C)c1. The Kier molecular flexibility index (Phi) is 4.71. The summed E-state index contributed by atoms with van der Waals surface area (Å²) in [4.78, 5) is 4.46. The summed E-state index contributed by atoms with van der Waals surface area (Å²) in [7, 11) is 0. The lowest BCUT2D eigenvalue weighted by Gasteiger charge is -2.07. The zero-order chi connectivity index (χ0) is 12.0. The molecule has 0 aromatic carbocycles. The summed E-state index contributed by atoms with van der Waals surface area (Å²) in [6.45, 7) is 9.97. The van der Waals surface area contributed by atoms with Crippen molar-refractivity contribution >= 4 is 11.6 Å². The highest BCUT2D eigenvalue weighted by atomic mass is 14.7. The Morgan fingerprint density at radius 3 is 2.75 bits per heavy atom. The van der Waals surface area contributed by atoms with E-state index >= 15 is 0 Å². The first-order valence-corrected chi connectivity index (χ1v) is 5.64. The summed E-state index contributed by atoms with van der Waals surface area (Å²) in [6, 6.07) is 2.18. The maximum absolute atomic E-state index is 4.46. The quantitative estimate of drug-likeness (QED) is 0.675. The van der Waals surface area contributed by atoms with E-state index in [-0.39, 0.29) is 0 Å². The molecule has 1 aromatic rings. The fraction of sp³-hybridized carbons (Fsp3) is 0.267. The molecule has 1 heterocycles. The van der Waals surface area contributed by atoms with Gasteiger partial charge in [-0.15, -0.1) is 0 Å². The van der Waals surface area contributed by atoms with E-state index in [1.807, 2.05) is 37.4 Å². The average molecular weight is 213 g/mol. The molecule has 84 valence electrons. The Morgan fingerprint density at radius 2 is 2.25 bits per heavy atom. The van der Waals surface area contributed by atoms with Crippen LogP contribution in [0, 0.1) is 6.92 Å². The van der Waals surface area contributed by atoms with Crippen LogP contribution < -0.4 is 0 Å². The van der Waals surface area contributed by atoms with Crippen molar-refractivity contribution in [2.24, 2.45) is 0 Å². The molecule has 0 saturated heterocycles. The summed E-state index contributed by atoms with van der Waals surface area (Å²) in [5.74, 6) is 0. The Hall–Kier alpha value is -1.63. The van der Waals surface area contributed by atoms with Crippen LogP contribution in [-0.2, 0) is 0 Å². The lowest BCUT2D eigenvalue weighted by atomic mass is 10.0.